The lowest BCUT2D eigenvalue weighted by Gasteiger charge is -2.23. The van der Waals surface area contributed by atoms with Gasteiger partial charge in [-0.15, -0.1) is 0 Å². The van der Waals surface area contributed by atoms with Gasteiger partial charge in [0, 0.05) is 12.1 Å². The summed E-state index contributed by atoms with van der Waals surface area (Å²) < 4.78 is 37.1. The zero-order valence-electron chi connectivity index (χ0n) is 10.0. The predicted molar refractivity (Wildman–Crippen MR) is 69.9 cm³/mol. The van der Waals surface area contributed by atoms with Gasteiger partial charge < -0.3 is 15.7 Å². The SMILES string of the molecule is Nc1cc(C(=O)N(CCO)CC(F)(F)F)cc(Cl)c1Cl. The molecule has 0 atom stereocenters. The molecular formula is C11H11Cl2F3N2O2. The van der Waals surface area contributed by atoms with Crippen LogP contribution in [0.3, 0.4) is 0 Å². The second-order valence-corrected chi connectivity index (χ2v) is 4.71. The van der Waals surface area contributed by atoms with Gasteiger partial charge in [-0.25, -0.2) is 0 Å². The van der Waals surface area contributed by atoms with Gasteiger partial charge in [0.05, 0.1) is 22.3 Å². The summed E-state index contributed by atoms with van der Waals surface area (Å²) in [6.07, 6.45) is -4.58. The molecule has 1 aromatic carbocycles. The summed E-state index contributed by atoms with van der Waals surface area (Å²) in [5, 5.41) is 8.73. The Hall–Kier alpha value is -1.18. The average molecular weight is 331 g/mol. The average Bonchev–Trinajstić information content (AvgIpc) is 2.32. The molecule has 3 N–H and O–H groups in total. The van der Waals surface area contributed by atoms with Crippen LogP contribution in [0.2, 0.25) is 10.0 Å². The van der Waals surface area contributed by atoms with Crippen LogP contribution in [0.1, 0.15) is 10.4 Å². The molecule has 0 fully saturated rings. The van der Waals surface area contributed by atoms with Crippen molar-refractivity contribution in [2.45, 2.75) is 6.18 Å². The van der Waals surface area contributed by atoms with Gasteiger partial charge in [-0.05, 0) is 12.1 Å². The van der Waals surface area contributed by atoms with Crippen molar-refractivity contribution in [3.63, 3.8) is 0 Å². The summed E-state index contributed by atoms with van der Waals surface area (Å²) in [5.41, 5.74) is 5.36. The number of hydrogen-bond acceptors (Lipinski definition) is 3. The molecule has 4 nitrogen and oxygen atoms in total. The van der Waals surface area contributed by atoms with Gasteiger partial charge in [-0.3, -0.25) is 4.79 Å². The third-order valence-electron chi connectivity index (χ3n) is 2.33. The lowest BCUT2D eigenvalue weighted by Crippen LogP contribution is -2.40. The fourth-order valence-corrected chi connectivity index (χ4v) is 1.84. The van der Waals surface area contributed by atoms with Gasteiger partial charge in [0.25, 0.3) is 5.91 Å². The maximum Gasteiger partial charge on any atom is 0.406 e. The third kappa shape index (κ3) is 4.43. The number of aliphatic hydroxyl groups excluding tert-OH is 1. The van der Waals surface area contributed by atoms with Gasteiger partial charge in [0.1, 0.15) is 6.54 Å². The van der Waals surface area contributed by atoms with E-state index in [1.54, 1.807) is 0 Å². The van der Waals surface area contributed by atoms with E-state index in [1.165, 1.54) is 0 Å². The topological polar surface area (TPSA) is 66.6 Å². The van der Waals surface area contributed by atoms with E-state index < -0.39 is 31.8 Å². The molecule has 112 valence electrons. The number of carbonyl (C=O) groups excluding carboxylic acids is 1. The van der Waals surface area contributed by atoms with Crippen molar-refractivity contribution in [2.24, 2.45) is 0 Å². The Morgan fingerprint density at radius 3 is 2.40 bits per heavy atom. The maximum absolute atomic E-state index is 12.4. The molecule has 9 heteroatoms. The highest BCUT2D eigenvalue weighted by molar-refractivity contribution is 6.43. The quantitative estimate of drug-likeness (QED) is 0.834. The van der Waals surface area contributed by atoms with Crippen molar-refractivity contribution < 1.29 is 23.1 Å². The molecule has 1 amide bonds. The van der Waals surface area contributed by atoms with Crippen LogP contribution in [0.25, 0.3) is 0 Å². The zero-order chi connectivity index (χ0) is 15.5. The normalized spacial score (nSPS) is 11.5. The number of nitrogens with zero attached hydrogens (tertiary/aromatic N) is 1. The minimum absolute atomic E-state index is 0.0153. The first-order chi connectivity index (χ1) is 9.15. The first-order valence-corrected chi connectivity index (χ1v) is 6.12. The fraction of sp³-hybridized carbons (Fsp3) is 0.364. The Labute approximate surface area is 122 Å². The Morgan fingerprint density at radius 1 is 1.35 bits per heavy atom. The van der Waals surface area contributed by atoms with Crippen molar-refractivity contribution >= 4 is 34.8 Å². The number of rotatable bonds is 4. The highest BCUT2D eigenvalue weighted by Gasteiger charge is 2.33. The number of halogens is 5. The molecular weight excluding hydrogens is 320 g/mol. The number of carbonyl (C=O) groups is 1. The molecule has 0 bridgehead atoms. The Balaban J connectivity index is 3.06. The van der Waals surface area contributed by atoms with E-state index in [0.29, 0.717) is 4.90 Å². The minimum atomic E-state index is -4.58. The van der Waals surface area contributed by atoms with E-state index >= 15 is 0 Å². The summed E-state index contributed by atoms with van der Waals surface area (Å²) in [6, 6.07) is 2.26. The van der Waals surface area contributed by atoms with Crippen molar-refractivity contribution in [3.8, 4) is 0 Å². The van der Waals surface area contributed by atoms with Crippen molar-refractivity contribution in [2.75, 3.05) is 25.4 Å². The molecule has 0 aromatic heterocycles. The lowest BCUT2D eigenvalue weighted by molar-refractivity contribution is -0.141. The van der Waals surface area contributed by atoms with Crippen LogP contribution in [0.15, 0.2) is 12.1 Å². The van der Waals surface area contributed by atoms with Crippen LogP contribution in [-0.4, -0.2) is 41.8 Å². The molecule has 0 aliphatic rings. The van der Waals surface area contributed by atoms with Crippen LogP contribution < -0.4 is 5.73 Å². The summed E-state index contributed by atoms with van der Waals surface area (Å²) in [4.78, 5) is 12.4. The molecule has 0 aliphatic heterocycles. The zero-order valence-corrected chi connectivity index (χ0v) is 11.6. The number of amides is 1. The van der Waals surface area contributed by atoms with Gasteiger partial charge in [-0.2, -0.15) is 13.2 Å². The van der Waals surface area contributed by atoms with E-state index in [1.807, 2.05) is 0 Å². The monoisotopic (exact) mass is 330 g/mol. The van der Waals surface area contributed by atoms with Gasteiger partial charge >= 0.3 is 6.18 Å². The van der Waals surface area contributed by atoms with Crippen LogP contribution in [0, 0.1) is 0 Å². The van der Waals surface area contributed by atoms with Crippen LogP contribution in [0.4, 0.5) is 18.9 Å². The van der Waals surface area contributed by atoms with E-state index in [2.05, 4.69) is 0 Å². The van der Waals surface area contributed by atoms with Gasteiger partial charge in [0.2, 0.25) is 0 Å². The van der Waals surface area contributed by atoms with Crippen LogP contribution in [-0.2, 0) is 0 Å². The molecule has 0 saturated carbocycles. The van der Waals surface area contributed by atoms with E-state index in [4.69, 9.17) is 34.0 Å². The van der Waals surface area contributed by atoms with Crippen LogP contribution >= 0.6 is 23.2 Å². The molecule has 0 radical (unpaired) electrons. The molecule has 20 heavy (non-hydrogen) atoms. The molecule has 0 spiro atoms. The smallest absolute Gasteiger partial charge is 0.397 e. The summed E-state index contributed by atoms with van der Waals surface area (Å²) in [7, 11) is 0. The van der Waals surface area contributed by atoms with E-state index in [0.717, 1.165) is 12.1 Å². The van der Waals surface area contributed by atoms with Crippen molar-refractivity contribution in [1.82, 2.24) is 4.90 Å². The first-order valence-electron chi connectivity index (χ1n) is 5.37. The Kier molecular flexibility index (Phi) is 5.50. The van der Waals surface area contributed by atoms with Crippen molar-refractivity contribution in [3.05, 3.63) is 27.7 Å². The highest BCUT2D eigenvalue weighted by Crippen LogP contribution is 2.30. The van der Waals surface area contributed by atoms with Crippen molar-refractivity contribution in [1.29, 1.82) is 0 Å². The molecule has 0 saturated heterocycles. The first kappa shape index (κ1) is 16.9. The number of aliphatic hydroxyl groups is 1. The van der Waals surface area contributed by atoms with E-state index in [-0.39, 0.29) is 21.3 Å². The number of hydrogen-bond donors (Lipinski definition) is 2. The van der Waals surface area contributed by atoms with E-state index in [9.17, 15) is 18.0 Å². The number of alkyl halides is 3. The number of anilines is 1. The number of nitrogen functional groups attached to an aromatic ring is 1. The molecule has 1 aromatic rings. The molecule has 1 rings (SSSR count). The highest BCUT2D eigenvalue weighted by atomic mass is 35.5. The number of nitrogens with two attached hydrogens (primary N) is 1. The second-order valence-electron chi connectivity index (χ2n) is 3.93. The second kappa shape index (κ2) is 6.51. The Morgan fingerprint density at radius 2 is 1.95 bits per heavy atom. The third-order valence-corrected chi connectivity index (χ3v) is 3.15. The minimum Gasteiger partial charge on any atom is -0.397 e. The maximum atomic E-state index is 12.4. The molecule has 0 aliphatic carbocycles. The molecule has 0 unspecified atom stereocenters. The standard InChI is InChI=1S/C11H11Cl2F3N2O2/c12-7-3-6(4-8(17)9(7)13)10(20)18(1-2-19)5-11(14,15)16/h3-4,19H,1-2,5,17H2. The summed E-state index contributed by atoms with van der Waals surface area (Å²) >= 11 is 11.4. The van der Waals surface area contributed by atoms with Crippen LogP contribution in [0.5, 0.6) is 0 Å². The number of benzene rings is 1. The largest absolute Gasteiger partial charge is 0.406 e. The summed E-state index contributed by atoms with van der Waals surface area (Å²) in [6.45, 7) is -2.54. The van der Waals surface area contributed by atoms with Gasteiger partial charge in [-0.1, -0.05) is 23.2 Å². The Bertz CT molecular complexity index is 486. The fourth-order valence-electron chi connectivity index (χ4n) is 1.51. The predicted octanol–water partition coefficient (Wildman–Crippen LogP) is 2.57. The van der Waals surface area contributed by atoms with Gasteiger partial charge in [0.15, 0.2) is 0 Å². The molecule has 0 heterocycles. The summed E-state index contributed by atoms with van der Waals surface area (Å²) in [5.74, 6) is -0.943. The lowest BCUT2D eigenvalue weighted by atomic mass is 10.1.